The van der Waals surface area contributed by atoms with E-state index in [1.54, 1.807) is 6.20 Å². The van der Waals surface area contributed by atoms with Crippen molar-refractivity contribution < 1.29 is 9.53 Å². The van der Waals surface area contributed by atoms with E-state index in [2.05, 4.69) is 11.6 Å². The lowest BCUT2D eigenvalue weighted by molar-refractivity contribution is -0.136. The smallest absolute Gasteiger partial charge is 0.330 e. The highest BCUT2D eigenvalue weighted by molar-refractivity contribution is 5.81. The lowest BCUT2D eigenvalue weighted by Crippen LogP contribution is -2.05. The van der Waals surface area contributed by atoms with Crippen molar-refractivity contribution in [2.75, 3.05) is 6.61 Å². The molecule has 0 spiro atoms. The maximum atomic E-state index is 10.6. The van der Waals surface area contributed by atoms with E-state index in [1.165, 1.54) is 0 Å². The van der Waals surface area contributed by atoms with Gasteiger partial charge >= 0.3 is 5.97 Å². The molecule has 0 saturated carbocycles. The zero-order valence-corrected chi connectivity index (χ0v) is 6.82. The van der Waals surface area contributed by atoms with Crippen molar-refractivity contribution in [3.8, 4) is 0 Å². The normalized spacial score (nSPS) is 15.2. The fraction of sp³-hybridized carbons (Fsp3) is 0.333. The second kappa shape index (κ2) is 4.49. The molecule has 0 N–H and O–H groups in total. The van der Waals surface area contributed by atoms with Gasteiger partial charge < -0.3 is 4.74 Å². The van der Waals surface area contributed by atoms with E-state index in [9.17, 15) is 4.79 Å². The van der Waals surface area contributed by atoms with Crippen LogP contribution in [-0.2, 0) is 9.53 Å². The minimum Gasteiger partial charge on any atom is -0.458 e. The number of rotatable bonds is 3. The lowest BCUT2D eigenvalue weighted by atomic mass is 10.1. The van der Waals surface area contributed by atoms with Crippen LogP contribution in [0.25, 0.3) is 0 Å². The molecule has 0 saturated heterocycles. The molecule has 0 aromatic heterocycles. The molecule has 1 rings (SSSR count). The number of nitrogens with zero attached hydrogens (tertiary/aromatic N) is 1. The van der Waals surface area contributed by atoms with E-state index in [0.29, 0.717) is 6.61 Å². The molecule has 0 radical (unpaired) electrons. The third-order valence-corrected chi connectivity index (χ3v) is 1.52. The Morgan fingerprint density at radius 2 is 2.67 bits per heavy atom. The first-order chi connectivity index (χ1) is 5.83. The Kier molecular flexibility index (Phi) is 3.26. The van der Waals surface area contributed by atoms with Gasteiger partial charge in [0.05, 0.1) is 0 Å². The molecule has 64 valence electrons. The Hall–Kier alpha value is -1.38. The topological polar surface area (TPSA) is 38.7 Å². The number of hydrogen-bond acceptors (Lipinski definition) is 3. The number of aliphatic imine (C=N–C) groups is 1. The summed E-state index contributed by atoms with van der Waals surface area (Å²) in [4.78, 5) is 14.6. The Labute approximate surface area is 71.4 Å². The van der Waals surface area contributed by atoms with Crippen molar-refractivity contribution in [3.63, 3.8) is 0 Å². The number of carbonyl (C=O) groups excluding carboxylic acids is 1. The second-order valence-electron chi connectivity index (χ2n) is 2.47. The molecule has 0 bridgehead atoms. The van der Waals surface area contributed by atoms with Crippen LogP contribution in [0.5, 0.6) is 0 Å². The average Bonchev–Trinajstić information content (AvgIpc) is 2.16. The third kappa shape index (κ3) is 2.70. The van der Waals surface area contributed by atoms with Gasteiger partial charge in [-0.15, -0.1) is 0 Å². The van der Waals surface area contributed by atoms with Crippen LogP contribution in [-0.4, -0.2) is 18.8 Å². The van der Waals surface area contributed by atoms with Crippen LogP contribution >= 0.6 is 0 Å². The van der Waals surface area contributed by atoms with Gasteiger partial charge in [-0.1, -0.05) is 6.58 Å². The first-order valence-electron chi connectivity index (χ1n) is 3.81. The first-order valence-corrected chi connectivity index (χ1v) is 3.81. The summed E-state index contributed by atoms with van der Waals surface area (Å²) in [5.41, 5.74) is 1.05. The van der Waals surface area contributed by atoms with Gasteiger partial charge in [0.25, 0.3) is 0 Å². The van der Waals surface area contributed by atoms with E-state index >= 15 is 0 Å². The molecule has 1 aliphatic heterocycles. The molecular formula is C9H11NO2. The molecule has 1 aliphatic rings. The predicted molar refractivity (Wildman–Crippen MR) is 47.0 cm³/mol. The number of ether oxygens (including phenoxy) is 1. The van der Waals surface area contributed by atoms with Crippen LogP contribution in [0.3, 0.4) is 0 Å². The second-order valence-corrected chi connectivity index (χ2v) is 2.47. The summed E-state index contributed by atoms with van der Waals surface area (Å²) in [6.45, 7) is 3.64. The van der Waals surface area contributed by atoms with Crippen molar-refractivity contribution >= 4 is 12.2 Å². The number of carbonyl (C=O) groups is 1. The predicted octanol–water partition coefficient (Wildman–Crippen LogP) is 1.46. The molecule has 3 nitrogen and oxygen atoms in total. The minimum atomic E-state index is -0.384. The Balaban J connectivity index is 2.31. The minimum absolute atomic E-state index is 0.336. The van der Waals surface area contributed by atoms with Crippen molar-refractivity contribution in [3.05, 3.63) is 24.4 Å². The molecule has 0 amide bonds. The quantitative estimate of drug-likeness (QED) is 0.469. The SMILES string of the molecule is C=CC(=O)OCC1=CN=CCC1. The van der Waals surface area contributed by atoms with E-state index in [1.807, 2.05) is 6.21 Å². The van der Waals surface area contributed by atoms with Gasteiger partial charge in [-0.3, -0.25) is 4.99 Å². The summed E-state index contributed by atoms with van der Waals surface area (Å²) >= 11 is 0. The van der Waals surface area contributed by atoms with E-state index in [-0.39, 0.29) is 5.97 Å². The fourth-order valence-electron chi connectivity index (χ4n) is 0.879. The van der Waals surface area contributed by atoms with Crippen molar-refractivity contribution in [1.82, 2.24) is 0 Å². The molecule has 0 fully saturated rings. The van der Waals surface area contributed by atoms with Gasteiger partial charge in [0.2, 0.25) is 0 Å². The summed E-state index contributed by atoms with van der Waals surface area (Å²) in [5, 5.41) is 0. The van der Waals surface area contributed by atoms with Crippen LogP contribution in [0.15, 0.2) is 29.4 Å². The van der Waals surface area contributed by atoms with Gasteiger partial charge in [-0.2, -0.15) is 0 Å². The van der Waals surface area contributed by atoms with E-state index in [0.717, 1.165) is 24.5 Å². The average molecular weight is 165 g/mol. The Morgan fingerprint density at radius 1 is 1.83 bits per heavy atom. The maximum Gasteiger partial charge on any atom is 0.330 e. The summed E-state index contributed by atoms with van der Waals surface area (Å²) in [6.07, 6.45) is 6.59. The van der Waals surface area contributed by atoms with Crippen LogP contribution < -0.4 is 0 Å². The summed E-state index contributed by atoms with van der Waals surface area (Å²) < 4.78 is 4.83. The molecule has 3 heteroatoms. The van der Waals surface area contributed by atoms with E-state index < -0.39 is 0 Å². The molecular weight excluding hydrogens is 154 g/mol. The van der Waals surface area contributed by atoms with Crippen molar-refractivity contribution in [1.29, 1.82) is 0 Å². The molecule has 0 atom stereocenters. The van der Waals surface area contributed by atoms with Crippen molar-refractivity contribution in [2.45, 2.75) is 12.8 Å². The van der Waals surface area contributed by atoms with E-state index in [4.69, 9.17) is 4.74 Å². The van der Waals surface area contributed by atoms with Crippen LogP contribution in [0.1, 0.15) is 12.8 Å². The number of hydrogen-bond donors (Lipinski definition) is 0. The number of esters is 1. The van der Waals surface area contributed by atoms with Gasteiger partial charge in [0.1, 0.15) is 6.61 Å². The van der Waals surface area contributed by atoms with Gasteiger partial charge in [-0.05, 0) is 18.4 Å². The van der Waals surface area contributed by atoms with Gasteiger partial charge in [0, 0.05) is 18.5 Å². The largest absolute Gasteiger partial charge is 0.458 e. The summed E-state index contributed by atoms with van der Waals surface area (Å²) in [7, 11) is 0. The third-order valence-electron chi connectivity index (χ3n) is 1.52. The van der Waals surface area contributed by atoms with Crippen LogP contribution in [0.4, 0.5) is 0 Å². The monoisotopic (exact) mass is 165 g/mol. The molecule has 0 unspecified atom stereocenters. The Morgan fingerprint density at radius 3 is 3.25 bits per heavy atom. The highest BCUT2D eigenvalue weighted by atomic mass is 16.5. The van der Waals surface area contributed by atoms with Gasteiger partial charge in [-0.25, -0.2) is 4.79 Å². The standard InChI is InChI=1S/C9H11NO2/c1-2-9(11)12-7-8-4-3-5-10-6-8/h2,5-6H,1,3-4,7H2. The molecule has 0 aliphatic carbocycles. The summed E-state index contributed by atoms with van der Waals surface area (Å²) in [6, 6.07) is 0. The Bertz CT molecular complexity index is 241. The van der Waals surface area contributed by atoms with Gasteiger partial charge in [0.15, 0.2) is 0 Å². The lowest BCUT2D eigenvalue weighted by Gasteiger charge is -2.07. The fourth-order valence-corrected chi connectivity index (χ4v) is 0.879. The molecule has 12 heavy (non-hydrogen) atoms. The first kappa shape index (κ1) is 8.71. The van der Waals surface area contributed by atoms with Crippen molar-refractivity contribution in [2.24, 2.45) is 4.99 Å². The zero-order valence-electron chi connectivity index (χ0n) is 6.82. The highest BCUT2D eigenvalue weighted by Gasteiger charge is 2.02. The van der Waals surface area contributed by atoms with Crippen LogP contribution in [0, 0.1) is 0 Å². The molecule has 1 heterocycles. The molecule has 0 aromatic rings. The molecule has 0 aromatic carbocycles. The highest BCUT2D eigenvalue weighted by Crippen LogP contribution is 2.08. The maximum absolute atomic E-state index is 10.6. The van der Waals surface area contributed by atoms with Crippen LogP contribution in [0.2, 0.25) is 0 Å². The summed E-state index contributed by atoms with van der Waals surface area (Å²) in [5.74, 6) is -0.384. The zero-order chi connectivity index (χ0) is 8.81.